The van der Waals surface area contributed by atoms with E-state index in [1.807, 2.05) is 0 Å². The lowest BCUT2D eigenvalue weighted by molar-refractivity contribution is -0.141. The zero-order valence-corrected chi connectivity index (χ0v) is 19.2. The molecule has 0 aromatic heterocycles. The molecule has 3 atom stereocenters. The summed E-state index contributed by atoms with van der Waals surface area (Å²) in [5, 5.41) is 6.01. The highest BCUT2D eigenvalue weighted by Crippen LogP contribution is 2.30. The minimum absolute atomic E-state index is 0.00449. The molecule has 2 saturated heterocycles. The van der Waals surface area contributed by atoms with E-state index in [-0.39, 0.29) is 43.4 Å². The largest absolute Gasteiger partial charge is 0.353 e. The Morgan fingerprint density at radius 2 is 1.97 bits per heavy atom. The van der Waals surface area contributed by atoms with Crippen molar-refractivity contribution in [2.45, 2.75) is 37.4 Å². The summed E-state index contributed by atoms with van der Waals surface area (Å²) in [5.41, 5.74) is 0.487. The predicted molar refractivity (Wildman–Crippen MR) is 119 cm³/mol. The maximum absolute atomic E-state index is 13.3. The molecule has 1 aromatic rings. The summed E-state index contributed by atoms with van der Waals surface area (Å²) in [5.74, 6) is -0.449. The topological polar surface area (TPSA) is 128 Å². The van der Waals surface area contributed by atoms with E-state index >= 15 is 0 Å². The lowest BCUT2D eigenvalue weighted by Crippen LogP contribution is -2.64. The van der Waals surface area contributed by atoms with Gasteiger partial charge in [-0.05, 0) is 37.5 Å². The summed E-state index contributed by atoms with van der Waals surface area (Å²) in [6.45, 7) is 0.460. The van der Waals surface area contributed by atoms with Crippen LogP contribution in [0.15, 0.2) is 24.3 Å². The monoisotopic (exact) mass is 483 g/mol. The van der Waals surface area contributed by atoms with Crippen LogP contribution in [-0.4, -0.2) is 80.1 Å². The van der Waals surface area contributed by atoms with Crippen molar-refractivity contribution in [1.82, 2.24) is 19.8 Å². The first kappa shape index (κ1) is 22.8. The number of fused-ring (bicyclic) bond motifs is 1. The Kier molecular flexibility index (Phi) is 6.33. The molecule has 4 rings (SSSR count). The van der Waals surface area contributed by atoms with Crippen molar-refractivity contribution in [3.8, 4) is 0 Å². The number of amides is 4. The number of anilines is 1. The minimum Gasteiger partial charge on any atom is -0.353 e. The fourth-order valence-corrected chi connectivity index (χ4v) is 5.26. The molecule has 3 aliphatic rings. The molecule has 1 aromatic carbocycles. The molecular formula is C20H26ClN5O5S. The fourth-order valence-electron chi connectivity index (χ4n) is 4.30. The van der Waals surface area contributed by atoms with Crippen molar-refractivity contribution in [3.05, 3.63) is 29.3 Å². The van der Waals surface area contributed by atoms with Gasteiger partial charge in [0.2, 0.25) is 21.8 Å². The number of urea groups is 1. The first-order chi connectivity index (χ1) is 15.1. The number of nitrogens with zero attached hydrogens (tertiary/aromatic N) is 2. The molecule has 2 aliphatic heterocycles. The van der Waals surface area contributed by atoms with E-state index in [1.54, 1.807) is 29.2 Å². The van der Waals surface area contributed by atoms with Gasteiger partial charge >= 0.3 is 6.03 Å². The number of hydrogen-bond acceptors (Lipinski definition) is 5. The van der Waals surface area contributed by atoms with Crippen molar-refractivity contribution >= 4 is 45.2 Å². The number of benzene rings is 1. The molecule has 2 heterocycles. The van der Waals surface area contributed by atoms with Gasteiger partial charge in [0, 0.05) is 42.3 Å². The van der Waals surface area contributed by atoms with Crippen LogP contribution in [0.2, 0.25) is 5.02 Å². The Morgan fingerprint density at radius 1 is 1.22 bits per heavy atom. The van der Waals surface area contributed by atoms with Gasteiger partial charge in [0.15, 0.2) is 0 Å². The smallest absolute Gasteiger partial charge is 0.322 e. The van der Waals surface area contributed by atoms with Gasteiger partial charge in [-0.2, -0.15) is 0 Å². The van der Waals surface area contributed by atoms with Gasteiger partial charge in [0.1, 0.15) is 6.04 Å². The van der Waals surface area contributed by atoms with Crippen molar-refractivity contribution in [1.29, 1.82) is 0 Å². The first-order valence-electron chi connectivity index (χ1n) is 10.5. The number of nitrogens with one attached hydrogen (secondary N) is 3. The normalized spacial score (nSPS) is 25.4. The van der Waals surface area contributed by atoms with Crippen LogP contribution in [0.4, 0.5) is 10.5 Å². The summed E-state index contributed by atoms with van der Waals surface area (Å²) >= 11 is 6.00. The van der Waals surface area contributed by atoms with E-state index in [2.05, 4.69) is 15.4 Å². The third kappa shape index (κ3) is 5.33. The van der Waals surface area contributed by atoms with E-state index in [0.717, 1.165) is 19.1 Å². The summed E-state index contributed by atoms with van der Waals surface area (Å²) in [7, 11) is -3.43. The molecule has 10 nitrogen and oxygen atoms in total. The third-order valence-electron chi connectivity index (χ3n) is 5.90. The van der Waals surface area contributed by atoms with Crippen LogP contribution in [0.25, 0.3) is 0 Å². The molecule has 3 N–H and O–H groups in total. The third-order valence-corrected chi connectivity index (χ3v) is 6.90. The second-order valence-electron chi connectivity index (χ2n) is 8.60. The van der Waals surface area contributed by atoms with Gasteiger partial charge in [0.25, 0.3) is 0 Å². The number of hydrogen-bond donors (Lipinski definition) is 3. The molecule has 12 heteroatoms. The lowest BCUT2D eigenvalue weighted by atomic mass is 10.1. The quantitative estimate of drug-likeness (QED) is 0.546. The Labute approximate surface area is 191 Å². The Balaban J connectivity index is 1.51. The second kappa shape index (κ2) is 8.87. The van der Waals surface area contributed by atoms with Crippen LogP contribution in [0.3, 0.4) is 0 Å². The first-order valence-corrected chi connectivity index (χ1v) is 12.8. The molecule has 32 heavy (non-hydrogen) atoms. The summed E-state index contributed by atoms with van der Waals surface area (Å²) < 4.78 is 25.8. The van der Waals surface area contributed by atoms with E-state index in [1.165, 1.54) is 4.90 Å². The van der Waals surface area contributed by atoms with Crippen LogP contribution in [0, 0.1) is 5.92 Å². The van der Waals surface area contributed by atoms with Gasteiger partial charge < -0.3 is 20.4 Å². The van der Waals surface area contributed by atoms with Crippen LogP contribution in [-0.2, 0) is 19.6 Å². The highest BCUT2D eigenvalue weighted by atomic mass is 35.5. The Morgan fingerprint density at radius 3 is 2.62 bits per heavy atom. The standard InChI is InChI=1S/C20H26ClN5O5S/c1-32(30,31)24-15-8-16-11-26(20(29)23-14-4-2-3-13(21)7-14)17(19(28)25(16)10-15)9-22-18(27)12-5-6-12/h2-4,7,12,15-17,24H,5-6,8-11H2,1H3,(H,22,27)(H,23,29)/t15-,16-,17-/m0/s1. The Bertz CT molecular complexity index is 1030. The fraction of sp³-hybridized carbons (Fsp3) is 0.550. The molecule has 1 saturated carbocycles. The number of halogens is 1. The van der Waals surface area contributed by atoms with Gasteiger partial charge in [0.05, 0.1) is 12.3 Å². The molecule has 0 radical (unpaired) electrons. The maximum Gasteiger partial charge on any atom is 0.322 e. The lowest BCUT2D eigenvalue weighted by Gasteiger charge is -2.42. The molecule has 174 valence electrons. The Hall–Kier alpha value is -2.37. The van der Waals surface area contributed by atoms with Crippen LogP contribution < -0.4 is 15.4 Å². The maximum atomic E-state index is 13.3. The number of piperazine rings is 1. The molecule has 1 aliphatic carbocycles. The molecule has 0 unspecified atom stereocenters. The SMILES string of the molecule is CS(=O)(=O)N[C@H]1C[C@H]2CN(C(=O)Nc3cccc(Cl)c3)[C@@H](CNC(=O)C3CC3)C(=O)N2C1. The van der Waals surface area contributed by atoms with Gasteiger partial charge in [-0.3, -0.25) is 9.59 Å². The summed E-state index contributed by atoms with van der Waals surface area (Å²) in [4.78, 5) is 41.6. The van der Waals surface area contributed by atoms with Crippen LogP contribution in [0.5, 0.6) is 0 Å². The van der Waals surface area contributed by atoms with Crippen molar-refractivity contribution < 1.29 is 22.8 Å². The van der Waals surface area contributed by atoms with E-state index in [4.69, 9.17) is 11.6 Å². The predicted octanol–water partition coefficient (Wildman–Crippen LogP) is 0.601. The van der Waals surface area contributed by atoms with E-state index in [0.29, 0.717) is 17.1 Å². The van der Waals surface area contributed by atoms with Gasteiger partial charge in [-0.1, -0.05) is 17.7 Å². The van der Waals surface area contributed by atoms with Crippen LogP contribution >= 0.6 is 11.6 Å². The second-order valence-corrected chi connectivity index (χ2v) is 10.8. The molecule has 0 bridgehead atoms. The van der Waals surface area contributed by atoms with Crippen molar-refractivity contribution in [2.24, 2.45) is 5.92 Å². The van der Waals surface area contributed by atoms with Crippen molar-refractivity contribution in [3.63, 3.8) is 0 Å². The highest BCUT2D eigenvalue weighted by molar-refractivity contribution is 7.88. The van der Waals surface area contributed by atoms with Gasteiger partial charge in [-0.15, -0.1) is 0 Å². The zero-order chi connectivity index (χ0) is 23.0. The molecular weight excluding hydrogens is 458 g/mol. The summed E-state index contributed by atoms with van der Waals surface area (Å²) in [6, 6.07) is 4.57. The molecule has 4 amide bonds. The average molecular weight is 484 g/mol. The number of sulfonamides is 1. The number of carbonyl (C=O) groups is 3. The highest BCUT2D eigenvalue weighted by Gasteiger charge is 2.47. The molecule has 3 fully saturated rings. The zero-order valence-electron chi connectivity index (χ0n) is 17.6. The summed E-state index contributed by atoms with van der Waals surface area (Å²) in [6.07, 6.45) is 3.14. The molecule has 0 spiro atoms. The average Bonchev–Trinajstić information content (AvgIpc) is 3.47. The van der Waals surface area contributed by atoms with E-state index in [9.17, 15) is 22.8 Å². The van der Waals surface area contributed by atoms with Crippen LogP contribution in [0.1, 0.15) is 19.3 Å². The number of carbonyl (C=O) groups excluding carboxylic acids is 3. The minimum atomic E-state index is -3.43. The van der Waals surface area contributed by atoms with Gasteiger partial charge in [-0.25, -0.2) is 17.9 Å². The van der Waals surface area contributed by atoms with E-state index < -0.39 is 28.1 Å². The number of rotatable bonds is 6. The van der Waals surface area contributed by atoms with Crippen molar-refractivity contribution in [2.75, 3.05) is 31.2 Å².